The third kappa shape index (κ3) is 4.73. The molecule has 0 radical (unpaired) electrons. The van der Waals surface area contributed by atoms with Gasteiger partial charge in [-0.1, -0.05) is 56.7 Å². The fraction of sp³-hybridized carbons (Fsp3) is 0.481. The third-order valence-electron chi connectivity index (χ3n) is 7.05. The first-order valence-corrected chi connectivity index (χ1v) is 12.1. The van der Waals surface area contributed by atoms with E-state index in [0.717, 1.165) is 69.7 Å². The van der Waals surface area contributed by atoms with E-state index in [4.69, 9.17) is 0 Å². The predicted molar refractivity (Wildman–Crippen MR) is 128 cm³/mol. The Kier molecular flexibility index (Phi) is 7.26. The van der Waals surface area contributed by atoms with Crippen LogP contribution in [0.25, 0.3) is 0 Å². The van der Waals surface area contributed by atoms with Crippen LogP contribution in [0.3, 0.4) is 0 Å². The fourth-order valence-electron chi connectivity index (χ4n) is 5.05. The molecule has 2 amide bonds. The molecule has 0 saturated carbocycles. The SMILES string of the molecule is CCCC(CC)c1ccccc1C(=O)N1CC(N2CCN(C(=O)c3ccccc3)CC2)C1. The molecule has 32 heavy (non-hydrogen) atoms. The van der Waals surface area contributed by atoms with E-state index < -0.39 is 0 Å². The van der Waals surface area contributed by atoms with Crippen LogP contribution in [-0.2, 0) is 0 Å². The summed E-state index contributed by atoms with van der Waals surface area (Å²) in [6.07, 6.45) is 3.31. The Morgan fingerprint density at radius 1 is 0.844 bits per heavy atom. The zero-order valence-corrected chi connectivity index (χ0v) is 19.4. The molecular weight excluding hydrogens is 398 g/mol. The maximum Gasteiger partial charge on any atom is 0.254 e. The molecule has 0 N–H and O–H groups in total. The van der Waals surface area contributed by atoms with Gasteiger partial charge >= 0.3 is 0 Å². The maximum absolute atomic E-state index is 13.3. The van der Waals surface area contributed by atoms with Crippen molar-refractivity contribution in [3.63, 3.8) is 0 Å². The Balaban J connectivity index is 1.31. The average molecular weight is 434 g/mol. The van der Waals surface area contributed by atoms with E-state index in [2.05, 4.69) is 30.9 Å². The highest BCUT2D eigenvalue weighted by molar-refractivity contribution is 5.96. The van der Waals surface area contributed by atoms with E-state index in [0.29, 0.717) is 12.0 Å². The molecule has 0 aromatic heterocycles. The number of hydrogen-bond donors (Lipinski definition) is 0. The molecule has 2 aromatic rings. The number of rotatable bonds is 7. The zero-order valence-electron chi connectivity index (χ0n) is 19.4. The maximum atomic E-state index is 13.3. The Labute approximate surface area is 192 Å². The quantitative estimate of drug-likeness (QED) is 0.655. The summed E-state index contributed by atoms with van der Waals surface area (Å²) in [6, 6.07) is 18.1. The molecule has 1 atom stereocenters. The normalized spacial score (nSPS) is 18.3. The van der Waals surface area contributed by atoms with Gasteiger partial charge < -0.3 is 9.80 Å². The molecule has 0 spiro atoms. The van der Waals surface area contributed by atoms with Crippen LogP contribution in [-0.4, -0.2) is 71.8 Å². The number of carbonyl (C=O) groups excluding carboxylic acids is 2. The van der Waals surface area contributed by atoms with Crippen molar-refractivity contribution in [2.75, 3.05) is 39.3 Å². The summed E-state index contributed by atoms with van der Waals surface area (Å²) in [5.74, 6) is 0.738. The van der Waals surface area contributed by atoms with Crippen molar-refractivity contribution in [3.05, 3.63) is 71.3 Å². The van der Waals surface area contributed by atoms with Gasteiger partial charge in [0, 0.05) is 56.4 Å². The van der Waals surface area contributed by atoms with Crippen molar-refractivity contribution in [2.45, 2.75) is 45.1 Å². The standard InChI is InChI=1S/C27H35N3O2/c1-3-10-21(4-2)24-13-8-9-14-25(24)27(32)30-19-23(20-30)28-15-17-29(18-16-28)26(31)22-11-6-5-7-12-22/h5-9,11-14,21,23H,3-4,10,15-20H2,1-2H3. The van der Waals surface area contributed by atoms with Gasteiger partial charge in [0.15, 0.2) is 0 Å². The van der Waals surface area contributed by atoms with Gasteiger partial charge in [-0.25, -0.2) is 0 Å². The third-order valence-corrected chi connectivity index (χ3v) is 7.05. The van der Waals surface area contributed by atoms with Crippen molar-refractivity contribution >= 4 is 11.8 Å². The van der Waals surface area contributed by atoms with Crippen LogP contribution in [0.15, 0.2) is 54.6 Å². The van der Waals surface area contributed by atoms with E-state index in [9.17, 15) is 9.59 Å². The molecule has 2 aromatic carbocycles. The fourth-order valence-corrected chi connectivity index (χ4v) is 5.05. The molecule has 4 rings (SSSR count). The Bertz CT molecular complexity index is 916. The zero-order chi connectivity index (χ0) is 22.5. The van der Waals surface area contributed by atoms with Crippen molar-refractivity contribution in [1.29, 1.82) is 0 Å². The monoisotopic (exact) mass is 433 g/mol. The molecule has 1 unspecified atom stereocenters. The Hall–Kier alpha value is -2.66. The lowest BCUT2D eigenvalue weighted by Crippen LogP contribution is -2.64. The molecule has 5 heteroatoms. The summed E-state index contributed by atoms with van der Waals surface area (Å²) in [7, 11) is 0. The van der Waals surface area contributed by atoms with E-state index in [1.807, 2.05) is 52.3 Å². The molecule has 2 fully saturated rings. The highest BCUT2D eigenvalue weighted by atomic mass is 16.2. The number of likely N-dealkylation sites (tertiary alicyclic amines) is 1. The molecule has 2 heterocycles. The predicted octanol–water partition coefficient (Wildman–Crippen LogP) is 4.26. The second kappa shape index (κ2) is 10.3. The van der Waals surface area contributed by atoms with E-state index in [1.165, 1.54) is 5.56 Å². The summed E-state index contributed by atoms with van der Waals surface area (Å²) in [4.78, 5) is 32.3. The average Bonchev–Trinajstić information content (AvgIpc) is 2.82. The van der Waals surface area contributed by atoms with Gasteiger partial charge in [0.1, 0.15) is 0 Å². The second-order valence-corrected chi connectivity index (χ2v) is 9.04. The topological polar surface area (TPSA) is 43.9 Å². The number of piperazine rings is 1. The minimum Gasteiger partial charge on any atom is -0.336 e. The van der Waals surface area contributed by atoms with Crippen LogP contribution in [0, 0.1) is 0 Å². The van der Waals surface area contributed by atoms with E-state index in [-0.39, 0.29) is 11.8 Å². The number of benzene rings is 2. The Morgan fingerprint density at radius 3 is 2.16 bits per heavy atom. The minimum absolute atomic E-state index is 0.116. The lowest BCUT2D eigenvalue weighted by molar-refractivity contribution is 0.00845. The molecular formula is C27H35N3O2. The van der Waals surface area contributed by atoms with Gasteiger partial charge in [0.2, 0.25) is 0 Å². The lowest BCUT2D eigenvalue weighted by Gasteiger charge is -2.48. The molecule has 0 bridgehead atoms. The molecule has 2 aliphatic heterocycles. The second-order valence-electron chi connectivity index (χ2n) is 9.04. The van der Waals surface area contributed by atoms with Crippen molar-refractivity contribution < 1.29 is 9.59 Å². The van der Waals surface area contributed by atoms with E-state index >= 15 is 0 Å². The van der Waals surface area contributed by atoms with Crippen molar-refractivity contribution in [2.24, 2.45) is 0 Å². The smallest absolute Gasteiger partial charge is 0.254 e. The Morgan fingerprint density at radius 2 is 1.50 bits per heavy atom. The number of hydrogen-bond acceptors (Lipinski definition) is 3. The van der Waals surface area contributed by atoms with Gasteiger partial charge in [0.05, 0.1) is 0 Å². The number of carbonyl (C=O) groups is 2. The summed E-state index contributed by atoms with van der Waals surface area (Å²) < 4.78 is 0. The number of nitrogens with zero attached hydrogens (tertiary/aromatic N) is 3. The largest absolute Gasteiger partial charge is 0.336 e. The van der Waals surface area contributed by atoms with Crippen molar-refractivity contribution in [1.82, 2.24) is 14.7 Å². The van der Waals surface area contributed by atoms with Crippen LogP contribution < -0.4 is 0 Å². The summed E-state index contributed by atoms with van der Waals surface area (Å²) in [5.41, 5.74) is 2.84. The van der Waals surface area contributed by atoms with Gasteiger partial charge in [-0.3, -0.25) is 14.5 Å². The van der Waals surface area contributed by atoms with Gasteiger partial charge in [-0.15, -0.1) is 0 Å². The minimum atomic E-state index is 0.116. The summed E-state index contributed by atoms with van der Waals surface area (Å²) >= 11 is 0. The first-order chi connectivity index (χ1) is 15.6. The molecule has 170 valence electrons. The first-order valence-electron chi connectivity index (χ1n) is 12.1. The lowest BCUT2D eigenvalue weighted by atomic mass is 9.87. The van der Waals surface area contributed by atoms with Crippen molar-refractivity contribution in [3.8, 4) is 0 Å². The summed E-state index contributed by atoms with van der Waals surface area (Å²) in [5, 5.41) is 0. The van der Waals surface area contributed by atoms with Crippen LogP contribution in [0.4, 0.5) is 0 Å². The van der Waals surface area contributed by atoms with Crippen LogP contribution in [0.1, 0.15) is 65.3 Å². The molecule has 5 nitrogen and oxygen atoms in total. The molecule has 2 aliphatic rings. The van der Waals surface area contributed by atoms with Crippen LogP contribution in [0.2, 0.25) is 0 Å². The highest BCUT2D eigenvalue weighted by Gasteiger charge is 2.37. The first kappa shape index (κ1) is 22.5. The number of amides is 2. The van der Waals surface area contributed by atoms with Gasteiger partial charge in [-0.2, -0.15) is 0 Å². The summed E-state index contributed by atoms with van der Waals surface area (Å²) in [6.45, 7) is 9.22. The van der Waals surface area contributed by atoms with Gasteiger partial charge in [-0.05, 0) is 42.5 Å². The van der Waals surface area contributed by atoms with E-state index in [1.54, 1.807) is 0 Å². The van der Waals surface area contributed by atoms with Crippen LogP contribution >= 0.6 is 0 Å². The highest BCUT2D eigenvalue weighted by Crippen LogP contribution is 2.30. The van der Waals surface area contributed by atoms with Gasteiger partial charge in [0.25, 0.3) is 11.8 Å². The molecule has 2 saturated heterocycles. The molecule has 0 aliphatic carbocycles. The van der Waals surface area contributed by atoms with Crippen LogP contribution in [0.5, 0.6) is 0 Å².